The number of amides is 2. The van der Waals surface area contributed by atoms with Crippen LogP contribution < -0.4 is 20.5 Å². The van der Waals surface area contributed by atoms with Crippen molar-refractivity contribution in [3.63, 3.8) is 0 Å². The van der Waals surface area contributed by atoms with Crippen LogP contribution in [0.5, 0.6) is 11.5 Å². The van der Waals surface area contributed by atoms with Crippen LogP contribution in [0.25, 0.3) is 10.9 Å². The van der Waals surface area contributed by atoms with Gasteiger partial charge < -0.3 is 20.5 Å². The zero-order valence-corrected chi connectivity index (χ0v) is 14.3. The number of benzene rings is 1. The van der Waals surface area contributed by atoms with Gasteiger partial charge in [0.25, 0.3) is 11.8 Å². The van der Waals surface area contributed by atoms with Crippen molar-refractivity contribution >= 4 is 22.7 Å². The first kappa shape index (κ1) is 16.6. The number of primary amides is 1. The Morgan fingerprint density at radius 1 is 1.42 bits per heavy atom. The number of halogens is 1. The second kappa shape index (κ2) is 5.55. The summed E-state index contributed by atoms with van der Waals surface area (Å²) in [6.45, 7) is 1.87. The normalized spacial score (nSPS) is 29.2. The van der Waals surface area contributed by atoms with Gasteiger partial charge in [-0.3, -0.25) is 14.6 Å². The topological polar surface area (TPSA) is 104 Å². The van der Waals surface area contributed by atoms with Crippen LogP contribution in [0.2, 0.25) is 0 Å². The van der Waals surface area contributed by atoms with E-state index in [2.05, 4.69) is 10.3 Å². The number of piperidine rings is 1. The quantitative estimate of drug-likeness (QED) is 0.835. The van der Waals surface area contributed by atoms with Gasteiger partial charge >= 0.3 is 0 Å². The summed E-state index contributed by atoms with van der Waals surface area (Å²) in [4.78, 5) is 27.5. The molecule has 1 aromatic carbocycles. The first-order valence-corrected chi connectivity index (χ1v) is 8.27. The predicted octanol–water partition coefficient (Wildman–Crippen LogP) is 1.19. The van der Waals surface area contributed by atoms with E-state index in [1.54, 1.807) is 25.3 Å². The van der Waals surface area contributed by atoms with E-state index in [0.717, 1.165) is 0 Å². The minimum absolute atomic E-state index is 0.144. The van der Waals surface area contributed by atoms with Crippen molar-refractivity contribution < 1.29 is 23.5 Å². The van der Waals surface area contributed by atoms with Crippen molar-refractivity contribution in [3.8, 4) is 11.5 Å². The number of alkyl halides is 1. The predicted molar refractivity (Wildman–Crippen MR) is 90.7 cm³/mol. The Bertz CT molecular complexity index is 934. The molecular formula is C18H18FN3O4. The molecule has 136 valence electrons. The monoisotopic (exact) mass is 359 g/mol. The van der Waals surface area contributed by atoms with E-state index in [4.69, 9.17) is 15.2 Å². The summed E-state index contributed by atoms with van der Waals surface area (Å²) in [7, 11) is 1.44. The van der Waals surface area contributed by atoms with E-state index >= 15 is 0 Å². The molecule has 2 amide bonds. The zero-order chi connectivity index (χ0) is 18.6. The van der Waals surface area contributed by atoms with Gasteiger partial charge in [-0.25, -0.2) is 4.39 Å². The maximum Gasteiger partial charge on any atom is 0.258 e. The SMILES string of the molecule is COc1cc2c(OC[C@H]3NC(=O)[C@]4(F)C(C)[C@H]34)ccnc2cc1C(N)=O. The highest BCUT2D eigenvalue weighted by Crippen LogP contribution is 2.59. The number of nitrogens with two attached hydrogens (primary N) is 1. The van der Waals surface area contributed by atoms with E-state index in [1.165, 1.54) is 13.2 Å². The van der Waals surface area contributed by atoms with Gasteiger partial charge in [0.05, 0.1) is 24.2 Å². The molecule has 8 heteroatoms. The largest absolute Gasteiger partial charge is 0.496 e. The molecule has 7 nitrogen and oxygen atoms in total. The molecule has 1 aromatic heterocycles. The fraction of sp³-hybridized carbons (Fsp3) is 0.389. The molecular weight excluding hydrogens is 341 g/mol. The fourth-order valence-corrected chi connectivity index (χ4v) is 3.88. The molecule has 2 aliphatic rings. The van der Waals surface area contributed by atoms with Gasteiger partial charge in [0.2, 0.25) is 0 Å². The molecule has 26 heavy (non-hydrogen) atoms. The van der Waals surface area contributed by atoms with Gasteiger partial charge in [-0.15, -0.1) is 0 Å². The molecule has 4 rings (SSSR count). The molecule has 1 saturated carbocycles. The number of pyridine rings is 1. The number of rotatable bonds is 5. The first-order valence-electron chi connectivity index (χ1n) is 8.27. The number of hydrogen-bond acceptors (Lipinski definition) is 5. The number of carbonyl (C=O) groups excluding carboxylic acids is 2. The van der Waals surface area contributed by atoms with Gasteiger partial charge in [-0.2, -0.15) is 0 Å². The maximum absolute atomic E-state index is 14.4. The molecule has 0 bridgehead atoms. The minimum atomic E-state index is -1.76. The van der Waals surface area contributed by atoms with Gasteiger partial charge in [-0.05, 0) is 18.2 Å². The van der Waals surface area contributed by atoms with Crippen LogP contribution in [0.1, 0.15) is 17.3 Å². The summed E-state index contributed by atoms with van der Waals surface area (Å²) in [5, 5.41) is 3.28. The standard InChI is InChI=1S/C18H18FN3O4/c1-8-15-12(22-17(24)18(8,15)19)7-26-13-3-4-21-11-5-10(16(20)23)14(25-2)6-9(11)13/h3-6,8,12,15H,7H2,1-2H3,(H2,20,23)(H,22,24)/t8?,12-,15-,18+/m1/s1. The molecule has 1 aliphatic carbocycles. The highest BCUT2D eigenvalue weighted by Gasteiger charge is 2.75. The third kappa shape index (κ3) is 2.21. The number of aromatic nitrogens is 1. The van der Waals surface area contributed by atoms with Crippen LogP contribution in [0.3, 0.4) is 0 Å². The first-order chi connectivity index (χ1) is 12.4. The minimum Gasteiger partial charge on any atom is -0.496 e. The zero-order valence-electron chi connectivity index (χ0n) is 14.3. The average molecular weight is 359 g/mol. The molecule has 1 saturated heterocycles. The number of nitrogens with zero attached hydrogens (tertiary/aromatic N) is 1. The lowest BCUT2D eigenvalue weighted by Gasteiger charge is -2.16. The Hall–Kier alpha value is -2.90. The van der Waals surface area contributed by atoms with Crippen molar-refractivity contribution in [1.29, 1.82) is 0 Å². The Kier molecular flexibility index (Phi) is 3.54. The lowest BCUT2D eigenvalue weighted by Crippen LogP contribution is -2.38. The number of ether oxygens (including phenoxy) is 2. The van der Waals surface area contributed by atoms with E-state index in [1.807, 2.05) is 0 Å². The summed E-state index contributed by atoms with van der Waals surface area (Å²) >= 11 is 0. The van der Waals surface area contributed by atoms with Crippen LogP contribution in [0.4, 0.5) is 4.39 Å². The van der Waals surface area contributed by atoms with Gasteiger partial charge in [0, 0.05) is 23.4 Å². The second-order valence-electron chi connectivity index (χ2n) is 6.72. The number of methoxy groups -OCH3 is 1. The lowest BCUT2D eigenvalue weighted by atomic mass is 10.1. The number of hydrogen-bond donors (Lipinski definition) is 2. The molecule has 0 spiro atoms. The molecule has 1 unspecified atom stereocenters. The Labute approximate surface area is 148 Å². The maximum atomic E-state index is 14.4. The summed E-state index contributed by atoms with van der Waals surface area (Å²) < 4.78 is 25.5. The molecule has 1 aliphatic heterocycles. The second-order valence-corrected chi connectivity index (χ2v) is 6.72. The summed E-state index contributed by atoms with van der Waals surface area (Å²) in [5.74, 6) is -1.02. The van der Waals surface area contributed by atoms with Crippen LogP contribution in [0.15, 0.2) is 24.4 Å². The summed E-state index contributed by atoms with van der Waals surface area (Å²) in [6, 6.07) is 4.46. The van der Waals surface area contributed by atoms with Gasteiger partial charge in [0.15, 0.2) is 5.67 Å². The Balaban J connectivity index is 1.61. The smallest absolute Gasteiger partial charge is 0.258 e. The Morgan fingerprint density at radius 2 is 2.19 bits per heavy atom. The molecule has 0 radical (unpaired) electrons. The highest BCUT2D eigenvalue weighted by molar-refractivity contribution is 6.01. The van der Waals surface area contributed by atoms with Crippen LogP contribution in [-0.4, -0.2) is 42.2 Å². The van der Waals surface area contributed by atoms with E-state index in [9.17, 15) is 14.0 Å². The van der Waals surface area contributed by atoms with E-state index < -0.39 is 17.5 Å². The third-order valence-corrected chi connectivity index (χ3v) is 5.38. The molecule has 2 fully saturated rings. The van der Waals surface area contributed by atoms with Gasteiger partial charge in [-0.1, -0.05) is 6.92 Å². The van der Waals surface area contributed by atoms with Crippen LogP contribution in [0, 0.1) is 11.8 Å². The van der Waals surface area contributed by atoms with Crippen LogP contribution >= 0.6 is 0 Å². The van der Waals surface area contributed by atoms with Crippen molar-refractivity contribution in [2.75, 3.05) is 13.7 Å². The molecule has 3 N–H and O–H groups in total. The van der Waals surface area contributed by atoms with Gasteiger partial charge in [0.1, 0.15) is 18.1 Å². The van der Waals surface area contributed by atoms with Crippen LogP contribution in [-0.2, 0) is 4.79 Å². The lowest BCUT2D eigenvalue weighted by molar-refractivity contribution is -0.126. The molecule has 4 atom stereocenters. The average Bonchev–Trinajstić information content (AvgIpc) is 3.07. The van der Waals surface area contributed by atoms with Crippen molar-refractivity contribution in [2.45, 2.75) is 18.6 Å². The summed E-state index contributed by atoms with van der Waals surface area (Å²) in [6.07, 6.45) is 1.54. The third-order valence-electron chi connectivity index (χ3n) is 5.38. The van der Waals surface area contributed by atoms with E-state index in [-0.39, 0.29) is 30.0 Å². The number of fused-ring (bicyclic) bond motifs is 2. The summed E-state index contributed by atoms with van der Waals surface area (Å²) in [5.41, 5.74) is 4.35. The molecule has 2 aromatic rings. The van der Waals surface area contributed by atoms with E-state index in [0.29, 0.717) is 22.4 Å². The van der Waals surface area contributed by atoms with Crippen molar-refractivity contribution in [1.82, 2.24) is 10.3 Å². The van der Waals surface area contributed by atoms with Crippen molar-refractivity contribution in [2.24, 2.45) is 17.6 Å². The highest BCUT2D eigenvalue weighted by atomic mass is 19.1. The number of carbonyl (C=O) groups is 2. The molecule has 2 heterocycles. The number of nitrogens with one attached hydrogen (secondary N) is 1. The fourth-order valence-electron chi connectivity index (χ4n) is 3.88. The van der Waals surface area contributed by atoms with Crippen molar-refractivity contribution in [3.05, 3.63) is 30.0 Å². The Morgan fingerprint density at radius 3 is 2.81 bits per heavy atom.